The Morgan fingerprint density at radius 3 is 2.30 bits per heavy atom. The molecule has 1 aromatic rings. The molecule has 0 spiro atoms. The number of carbonyl (C=O) groups is 1. The predicted molar refractivity (Wildman–Crippen MR) is 81.9 cm³/mol. The van der Waals surface area contributed by atoms with Crippen molar-refractivity contribution in [3.63, 3.8) is 0 Å². The number of nitrogens with zero attached hydrogens (tertiary/aromatic N) is 3. The third-order valence-corrected chi connectivity index (χ3v) is 3.98. The van der Waals surface area contributed by atoms with E-state index in [2.05, 4.69) is 9.80 Å². The Kier molecular flexibility index (Phi) is 5.64. The van der Waals surface area contributed by atoms with Crippen LogP contribution in [0.15, 0.2) is 24.3 Å². The van der Waals surface area contributed by atoms with Crippen LogP contribution in [-0.2, 0) is 17.5 Å². The first-order valence-electron chi connectivity index (χ1n) is 7.56. The number of hydrogen-bond donors (Lipinski definition) is 0. The summed E-state index contributed by atoms with van der Waals surface area (Å²) >= 11 is 0. The lowest BCUT2D eigenvalue weighted by atomic mass is 10.1. The highest BCUT2D eigenvalue weighted by Crippen LogP contribution is 2.29. The number of hydrogen-bond acceptors (Lipinski definition) is 3. The second-order valence-electron chi connectivity index (χ2n) is 6.04. The van der Waals surface area contributed by atoms with Crippen molar-refractivity contribution in [2.45, 2.75) is 12.7 Å². The first kappa shape index (κ1) is 17.7. The number of likely N-dealkylation sites (N-methyl/N-ethyl adjacent to an activating group) is 1. The molecular formula is C16H22F3N3O. The summed E-state index contributed by atoms with van der Waals surface area (Å²) < 4.78 is 38.2. The number of carbonyl (C=O) groups excluding carboxylic acids is 1. The smallest absolute Gasteiger partial charge is 0.348 e. The number of piperazine rings is 1. The molecule has 0 aliphatic carbocycles. The van der Waals surface area contributed by atoms with Crippen LogP contribution >= 0.6 is 0 Å². The maximum absolute atomic E-state index is 12.7. The molecule has 1 amide bonds. The van der Waals surface area contributed by atoms with Crippen molar-refractivity contribution in [2.24, 2.45) is 0 Å². The lowest BCUT2D eigenvalue weighted by Crippen LogP contribution is -2.48. The Balaban J connectivity index is 1.86. The molecule has 0 atom stereocenters. The maximum atomic E-state index is 12.7. The van der Waals surface area contributed by atoms with Crippen molar-refractivity contribution in [1.82, 2.24) is 14.7 Å². The van der Waals surface area contributed by atoms with Crippen molar-refractivity contribution in [3.8, 4) is 0 Å². The van der Waals surface area contributed by atoms with Gasteiger partial charge in [0.2, 0.25) is 5.91 Å². The van der Waals surface area contributed by atoms with Gasteiger partial charge in [0.1, 0.15) is 0 Å². The van der Waals surface area contributed by atoms with Crippen LogP contribution in [0.2, 0.25) is 0 Å². The highest BCUT2D eigenvalue weighted by atomic mass is 19.4. The van der Waals surface area contributed by atoms with Crippen molar-refractivity contribution in [2.75, 3.05) is 46.8 Å². The molecule has 1 aromatic carbocycles. The van der Waals surface area contributed by atoms with Crippen molar-refractivity contribution >= 4 is 5.91 Å². The molecule has 4 nitrogen and oxygen atoms in total. The van der Waals surface area contributed by atoms with Crippen LogP contribution < -0.4 is 0 Å². The molecule has 1 aliphatic heterocycles. The zero-order valence-corrected chi connectivity index (χ0v) is 13.4. The van der Waals surface area contributed by atoms with Crippen molar-refractivity contribution in [3.05, 3.63) is 35.4 Å². The molecule has 0 N–H and O–H groups in total. The SMILES string of the molecule is CN(C)C(=O)CN1CCN(Cc2cccc(C(F)(F)F)c2)CC1. The summed E-state index contributed by atoms with van der Waals surface area (Å²) in [6.45, 7) is 3.88. The lowest BCUT2D eigenvalue weighted by Gasteiger charge is -2.34. The zero-order valence-electron chi connectivity index (χ0n) is 13.4. The summed E-state index contributed by atoms with van der Waals surface area (Å²) in [5.74, 6) is 0.0660. The molecule has 0 aromatic heterocycles. The first-order valence-corrected chi connectivity index (χ1v) is 7.56. The molecule has 1 aliphatic rings. The largest absolute Gasteiger partial charge is 0.416 e. The van der Waals surface area contributed by atoms with Gasteiger partial charge in [0, 0.05) is 46.8 Å². The minimum atomic E-state index is -4.30. The van der Waals surface area contributed by atoms with Crippen LogP contribution in [0.3, 0.4) is 0 Å². The van der Waals surface area contributed by atoms with Crippen LogP contribution in [0.1, 0.15) is 11.1 Å². The number of benzene rings is 1. The summed E-state index contributed by atoms with van der Waals surface area (Å²) in [5.41, 5.74) is 0.0582. The van der Waals surface area contributed by atoms with Crippen molar-refractivity contribution in [1.29, 1.82) is 0 Å². The molecule has 1 saturated heterocycles. The van der Waals surface area contributed by atoms with Crippen LogP contribution in [0, 0.1) is 0 Å². The van der Waals surface area contributed by atoms with Gasteiger partial charge in [-0.3, -0.25) is 14.6 Å². The molecule has 23 heavy (non-hydrogen) atoms. The molecule has 0 saturated carbocycles. The number of halogens is 3. The minimum Gasteiger partial charge on any atom is -0.348 e. The zero-order chi connectivity index (χ0) is 17.0. The fraction of sp³-hybridized carbons (Fsp3) is 0.562. The highest BCUT2D eigenvalue weighted by molar-refractivity contribution is 5.77. The van der Waals surface area contributed by atoms with Gasteiger partial charge in [0.05, 0.1) is 12.1 Å². The van der Waals surface area contributed by atoms with Crippen LogP contribution in [0.25, 0.3) is 0 Å². The van der Waals surface area contributed by atoms with Gasteiger partial charge in [-0.2, -0.15) is 13.2 Å². The number of alkyl halides is 3. The maximum Gasteiger partial charge on any atom is 0.416 e. The standard InChI is InChI=1S/C16H22F3N3O/c1-20(2)15(23)12-22-8-6-21(7-9-22)11-13-4-3-5-14(10-13)16(17,18)19/h3-5,10H,6-9,11-12H2,1-2H3. The van der Waals surface area contributed by atoms with E-state index in [1.165, 1.54) is 12.1 Å². The van der Waals surface area contributed by atoms with E-state index in [4.69, 9.17) is 0 Å². The Labute approximate surface area is 134 Å². The van der Waals surface area contributed by atoms with E-state index in [-0.39, 0.29) is 5.91 Å². The lowest BCUT2D eigenvalue weighted by molar-refractivity contribution is -0.137. The van der Waals surface area contributed by atoms with Gasteiger partial charge >= 0.3 is 6.18 Å². The molecule has 0 bridgehead atoms. The molecular weight excluding hydrogens is 307 g/mol. The monoisotopic (exact) mass is 329 g/mol. The molecule has 0 radical (unpaired) electrons. The second kappa shape index (κ2) is 7.31. The second-order valence-corrected chi connectivity index (χ2v) is 6.04. The molecule has 128 valence electrons. The van der Waals surface area contributed by atoms with Crippen molar-refractivity contribution < 1.29 is 18.0 Å². The molecule has 2 rings (SSSR count). The topological polar surface area (TPSA) is 26.8 Å². The fourth-order valence-electron chi connectivity index (χ4n) is 2.54. The van der Waals surface area contributed by atoms with E-state index in [0.29, 0.717) is 18.7 Å². The van der Waals surface area contributed by atoms with Gasteiger partial charge in [-0.15, -0.1) is 0 Å². The van der Waals surface area contributed by atoms with Crippen LogP contribution in [-0.4, -0.2) is 67.4 Å². The average molecular weight is 329 g/mol. The first-order chi connectivity index (χ1) is 10.8. The average Bonchev–Trinajstić information content (AvgIpc) is 2.48. The Morgan fingerprint density at radius 1 is 1.13 bits per heavy atom. The summed E-state index contributed by atoms with van der Waals surface area (Å²) in [7, 11) is 3.46. The normalized spacial score (nSPS) is 17.3. The highest BCUT2D eigenvalue weighted by Gasteiger charge is 2.30. The quantitative estimate of drug-likeness (QED) is 0.844. The van der Waals surface area contributed by atoms with E-state index < -0.39 is 11.7 Å². The van der Waals surface area contributed by atoms with E-state index in [9.17, 15) is 18.0 Å². The Hall–Kier alpha value is -1.60. The molecule has 0 unspecified atom stereocenters. The fourth-order valence-corrected chi connectivity index (χ4v) is 2.54. The van der Waals surface area contributed by atoms with Gasteiger partial charge in [-0.1, -0.05) is 18.2 Å². The molecule has 1 heterocycles. The summed E-state index contributed by atoms with van der Waals surface area (Å²) in [4.78, 5) is 17.4. The predicted octanol–water partition coefficient (Wildman–Crippen LogP) is 1.91. The third-order valence-electron chi connectivity index (χ3n) is 3.98. The molecule has 7 heteroatoms. The van der Waals surface area contributed by atoms with E-state index in [0.717, 1.165) is 32.2 Å². The Bertz CT molecular complexity index is 538. The van der Waals surface area contributed by atoms with Gasteiger partial charge in [-0.25, -0.2) is 0 Å². The van der Waals surface area contributed by atoms with Gasteiger partial charge < -0.3 is 4.90 Å². The van der Waals surface area contributed by atoms with Gasteiger partial charge in [0.25, 0.3) is 0 Å². The summed E-state index contributed by atoms with van der Waals surface area (Å²) in [5, 5.41) is 0. The summed E-state index contributed by atoms with van der Waals surface area (Å²) in [6, 6.07) is 5.47. The van der Waals surface area contributed by atoms with Crippen LogP contribution in [0.5, 0.6) is 0 Å². The number of amides is 1. The third kappa shape index (κ3) is 5.21. The van der Waals surface area contributed by atoms with Gasteiger partial charge in [-0.05, 0) is 11.6 Å². The minimum absolute atomic E-state index is 0.0660. The Morgan fingerprint density at radius 2 is 1.74 bits per heavy atom. The van der Waals surface area contributed by atoms with Gasteiger partial charge in [0.15, 0.2) is 0 Å². The van der Waals surface area contributed by atoms with E-state index >= 15 is 0 Å². The van der Waals surface area contributed by atoms with Crippen LogP contribution in [0.4, 0.5) is 13.2 Å². The van der Waals surface area contributed by atoms with E-state index in [1.54, 1.807) is 25.1 Å². The number of rotatable bonds is 4. The summed E-state index contributed by atoms with van der Waals surface area (Å²) in [6.07, 6.45) is -4.30. The van der Waals surface area contributed by atoms with E-state index in [1.807, 2.05) is 0 Å². The molecule has 1 fully saturated rings.